The van der Waals surface area contributed by atoms with E-state index in [4.69, 9.17) is 4.74 Å². The zero-order chi connectivity index (χ0) is 15.1. The van der Waals surface area contributed by atoms with Gasteiger partial charge in [0.2, 0.25) is 0 Å². The van der Waals surface area contributed by atoms with Crippen molar-refractivity contribution in [3.8, 4) is 5.75 Å². The topological polar surface area (TPSA) is 73.3 Å². The Labute approximate surface area is 128 Å². The number of fused-ring (bicyclic) bond motifs is 1. The molecule has 4 heterocycles. The highest BCUT2D eigenvalue weighted by molar-refractivity contribution is 6.11. The lowest BCUT2D eigenvalue weighted by Crippen LogP contribution is -2.42. The lowest BCUT2D eigenvalue weighted by Gasteiger charge is -2.30. The average Bonchev–Trinajstić information content (AvgIpc) is 3.11. The smallest absolute Gasteiger partial charge is 0.270 e. The van der Waals surface area contributed by atoms with E-state index in [0.717, 1.165) is 31.0 Å². The van der Waals surface area contributed by atoms with Gasteiger partial charge in [-0.3, -0.25) is 9.79 Å². The number of amidine groups is 1. The average molecular weight is 299 g/mol. The Hall–Kier alpha value is -2.57. The van der Waals surface area contributed by atoms with Crippen molar-refractivity contribution in [2.24, 2.45) is 9.98 Å². The number of ether oxygens (including phenoxy) is 1. The molecule has 0 bridgehead atoms. The third-order valence-corrected chi connectivity index (χ3v) is 4.12. The summed E-state index contributed by atoms with van der Waals surface area (Å²) in [5, 5.41) is 0. The van der Waals surface area contributed by atoms with Crippen LogP contribution >= 0.6 is 0 Å². The van der Waals surface area contributed by atoms with Gasteiger partial charge in [-0.1, -0.05) is 0 Å². The Morgan fingerprint density at radius 1 is 1.41 bits per heavy atom. The van der Waals surface area contributed by atoms with Gasteiger partial charge in [-0.2, -0.15) is 0 Å². The first-order valence-corrected chi connectivity index (χ1v) is 7.41. The van der Waals surface area contributed by atoms with Crippen molar-refractivity contribution < 1.29 is 9.53 Å². The molecule has 1 saturated heterocycles. The monoisotopic (exact) mass is 299 g/mol. The summed E-state index contributed by atoms with van der Waals surface area (Å²) in [5.41, 5.74) is 1.53. The maximum absolute atomic E-state index is 12.3. The molecule has 1 aromatic heterocycles. The van der Waals surface area contributed by atoms with E-state index >= 15 is 0 Å². The van der Waals surface area contributed by atoms with Crippen LogP contribution in [0.1, 0.15) is 16.9 Å². The third-order valence-electron chi connectivity index (χ3n) is 4.12. The normalized spacial score (nSPS) is 21.5. The van der Waals surface area contributed by atoms with Crippen LogP contribution in [0.15, 0.2) is 27.8 Å². The van der Waals surface area contributed by atoms with E-state index in [1.165, 1.54) is 0 Å². The van der Waals surface area contributed by atoms with Gasteiger partial charge in [-0.25, -0.2) is 4.99 Å². The number of carbonyl (C=O) groups excluding carboxylic acids is 1. The number of H-pyrrole nitrogens is 1. The van der Waals surface area contributed by atoms with Crippen LogP contribution in [0.5, 0.6) is 5.75 Å². The second kappa shape index (κ2) is 5.01. The fourth-order valence-corrected chi connectivity index (χ4v) is 2.77. The van der Waals surface area contributed by atoms with E-state index in [9.17, 15) is 4.79 Å². The number of rotatable bonds is 2. The molecule has 1 N–H and O–H groups in total. The number of likely N-dealkylation sites (tertiary alicyclic amines) is 1. The number of hydrogen-bond acceptors (Lipinski definition) is 4. The number of nitrogens with one attached hydrogen (secondary N) is 1. The first-order chi connectivity index (χ1) is 10.8. The minimum absolute atomic E-state index is 0.0362. The van der Waals surface area contributed by atoms with Gasteiger partial charge in [-0.05, 0) is 6.42 Å². The Kier molecular flexibility index (Phi) is 2.99. The molecule has 22 heavy (non-hydrogen) atoms. The summed E-state index contributed by atoms with van der Waals surface area (Å²) >= 11 is 0. The molecule has 0 aliphatic carbocycles. The first kappa shape index (κ1) is 13.1. The van der Waals surface area contributed by atoms with Crippen LogP contribution in [0.25, 0.3) is 0 Å². The molecule has 1 amide bonds. The van der Waals surface area contributed by atoms with Crippen LogP contribution in [-0.2, 0) is 0 Å². The number of hydrogen-bond donors (Lipinski definition) is 1. The molecule has 4 rings (SSSR count). The molecule has 0 unspecified atom stereocenters. The zero-order valence-electron chi connectivity index (χ0n) is 12.4. The van der Waals surface area contributed by atoms with E-state index in [-0.39, 0.29) is 5.91 Å². The molecule has 114 valence electrons. The van der Waals surface area contributed by atoms with Gasteiger partial charge in [0.05, 0.1) is 18.5 Å². The Bertz CT molecular complexity index is 712. The van der Waals surface area contributed by atoms with E-state index in [2.05, 4.69) is 19.9 Å². The summed E-state index contributed by atoms with van der Waals surface area (Å²) in [5.74, 6) is 2.26. The van der Waals surface area contributed by atoms with Crippen molar-refractivity contribution in [1.82, 2.24) is 9.88 Å². The summed E-state index contributed by atoms with van der Waals surface area (Å²) in [4.78, 5) is 27.8. The maximum atomic E-state index is 12.3. The number of aliphatic imine (C=N–C) groups is 2. The Morgan fingerprint density at radius 2 is 2.27 bits per heavy atom. The van der Waals surface area contributed by atoms with Crippen molar-refractivity contribution in [1.29, 1.82) is 0 Å². The number of aromatic amines is 1. The highest BCUT2D eigenvalue weighted by Gasteiger charge is 2.29. The molecule has 0 radical (unpaired) electrons. The van der Waals surface area contributed by atoms with E-state index < -0.39 is 0 Å². The standard InChI is InChI=1S/C15H17N5O2/c1-16-13-7-10(9-17-13)20-5-6-22-12-8-11(18-14(12)20)15(21)19-3-2-4-19/h7-9,18H,2-6H2,1H3. The second-order valence-corrected chi connectivity index (χ2v) is 5.45. The molecule has 7 nitrogen and oxygen atoms in total. The van der Waals surface area contributed by atoms with Crippen LogP contribution in [0, 0.1) is 0 Å². The lowest BCUT2D eigenvalue weighted by molar-refractivity contribution is 0.0646. The van der Waals surface area contributed by atoms with Crippen LogP contribution in [0.2, 0.25) is 0 Å². The second-order valence-electron chi connectivity index (χ2n) is 5.45. The predicted octanol–water partition coefficient (Wildman–Crippen LogP) is 1.06. The van der Waals surface area contributed by atoms with Crippen molar-refractivity contribution in [2.75, 3.05) is 38.2 Å². The highest BCUT2D eigenvalue weighted by atomic mass is 16.5. The van der Waals surface area contributed by atoms with Crippen molar-refractivity contribution in [3.63, 3.8) is 0 Å². The molecular weight excluding hydrogens is 282 g/mol. The molecule has 3 aliphatic rings. The first-order valence-electron chi connectivity index (χ1n) is 7.41. The number of amides is 1. The van der Waals surface area contributed by atoms with E-state index in [1.807, 2.05) is 11.0 Å². The summed E-state index contributed by atoms with van der Waals surface area (Å²) in [6, 6.07) is 1.80. The van der Waals surface area contributed by atoms with Crippen LogP contribution in [0.3, 0.4) is 0 Å². The molecule has 1 fully saturated rings. The molecule has 0 aromatic carbocycles. The van der Waals surface area contributed by atoms with Gasteiger partial charge in [0, 0.05) is 32.3 Å². The Balaban J connectivity index is 1.65. The molecule has 0 spiro atoms. The van der Waals surface area contributed by atoms with E-state index in [0.29, 0.717) is 30.4 Å². The van der Waals surface area contributed by atoms with Crippen LogP contribution in [-0.4, -0.2) is 61.1 Å². The van der Waals surface area contributed by atoms with Crippen molar-refractivity contribution >= 4 is 23.8 Å². The number of allylic oxidation sites excluding steroid dienone is 1. The quantitative estimate of drug-likeness (QED) is 0.887. The highest BCUT2D eigenvalue weighted by Crippen LogP contribution is 2.35. The fourth-order valence-electron chi connectivity index (χ4n) is 2.77. The van der Waals surface area contributed by atoms with E-state index in [1.54, 1.807) is 19.3 Å². The zero-order valence-corrected chi connectivity index (χ0v) is 12.4. The molecule has 7 heteroatoms. The largest absolute Gasteiger partial charge is 0.488 e. The van der Waals surface area contributed by atoms with Gasteiger partial charge in [0.1, 0.15) is 18.1 Å². The number of anilines is 1. The molecule has 1 aromatic rings. The maximum Gasteiger partial charge on any atom is 0.270 e. The lowest BCUT2D eigenvalue weighted by atomic mass is 10.2. The molecule has 0 atom stereocenters. The summed E-state index contributed by atoms with van der Waals surface area (Å²) in [6.45, 7) is 2.95. The minimum Gasteiger partial charge on any atom is -0.488 e. The van der Waals surface area contributed by atoms with Gasteiger partial charge < -0.3 is 19.5 Å². The van der Waals surface area contributed by atoms with Crippen LogP contribution < -0.4 is 9.64 Å². The van der Waals surface area contributed by atoms with Crippen LogP contribution in [0.4, 0.5) is 5.82 Å². The summed E-state index contributed by atoms with van der Waals surface area (Å²) < 4.78 is 5.68. The van der Waals surface area contributed by atoms with Gasteiger partial charge in [-0.15, -0.1) is 0 Å². The number of aromatic nitrogens is 1. The third kappa shape index (κ3) is 2.01. The Morgan fingerprint density at radius 3 is 2.95 bits per heavy atom. The van der Waals surface area contributed by atoms with Gasteiger partial charge in [0.25, 0.3) is 5.91 Å². The fraction of sp³-hybridized carbons (Fsp3) is 0.400. The predicted molar refractivity (Wildman–Crippen MR) is 84.1 cm³/mol. The van der Waals surface area contributed by atoms with Crippen molar-refractivity contribution in [2.45, 2.75) is 6.42 Å². The SMILES string of the molecule is CN=C1C=C(N2CCOc3cc(C(=O)N4CCC4)[nH]c32)C=N1. The van der Waals surface area contributed by atoms with Crippen molar-refractivity contribution in [3.05, 3.63) is 23.5 Å². The number of nitrogens with zero attached hydrogens (tertiary/aromatic N) is 4. The number of carbonyl (C=O) groups is 1. The molecule has 3 aliphatic heterocycles. The summed E-state index contributed by atoms with van der Waals surface area (Å²) in [6.07, 6.45) is 4.79. The van der Waals surface area contributed by atoms with Gasteiger partial charge in [0.15, 0.2) is 11.6 Å². The molecular formula is C15H17N5O2. The summed E-state index contributed by atoms with van der Waals surface area (Å²) in [7, 11) is 1.72. The minimum atomic E-state index is 0.0362. The van der Waals surface area contributed by atoms with Gasteiger partial charge >= 0.3 is 0 Å². The molecule has 0 saturated carbocycles.